The summed E-state index contributed by atoms with van der Waals surface area (Å²) in [7, 11) is 0. The molecule has 7 heteroatoms. The average Bonchev–Trinajstić information content (AvgIpc) is 2.93. The first kappa shape index (κ1) is 20.0. The maximum absolute atomic E-state index is 11.8. The van der Waals surface area contributed by atoms with Crippen LogP contribution in [-0.4, -0.2) is 52.3 Å². The first-order valence-electron chi connectivity index (χ1n) is 9.18. The van der Waals surface area contributed by atoms with Crippen molar-refractivity contribution in [3.05, 3.63) is 11.9 Å². The number of nitrogens with zero attached hydrogens (tertiary/aromatic N) is 3. The van der Waals surface area contributed by atoms with Crippen molar-refractivity contribution in [1.82, 2.24) is 15.0 Å². The Kier molecular flexibility index (Phi) is 7.99. The maximum Gasteiger partial charge on any atom is 0.154 e. The fraction of sp³-hybridized carbons (Fsp3) is 0.833. The van der Waals surface area contributed by atoms with Crippen LogP contribution in [0.5, 0.6) is 0 Å². The summed E-state index contributed by atoms with van der Waals surface area (Å²) in [6.45, 7) is 10.0. The minimum Gasteiger partial charge on any atom is -0.376 e. The summed E-state index contributed by atoms with van der Waals surface area (Å²) in [5.74, 6) is 0.525. The third kappa shape index (κ3) is 7.63. The van der Waals surface area contributed by atoms with E-state index in [1.54, 1.807) is 10.9 Å². The van der Waals surface area contributed by atoms with Gasteiger partial charge in [0.1, 0.15) is 12.2 Å². The highest BCUT2D eigenvalue weighted by Gasteiger charge is 2.24. The Balaban J connectivity index is 1.69. The van der Waals surface area contributed by atoms with Crippen LogP contribution >= 0.6 is 0 Å². The predicted molar refractivity (Wildman–Crippen MR) is 93.1 cm³/mol. The molecule has 7 nitrogen and oxygen atoms in total. The molecule has 1 aromatic rings. The molecule has 1 aliphatic heterocycles. The number of carbonyl (C=O) groups is 1. The Bertz CT molecular complexity index is 530. The van der Waals surface area contributed by atoms with Crippen molar-refractivity contribution in [2.24, 2.45) is 5.92 Å². The Morgan fingerprint density at radius 3 is 2.92 bits per heavy atom. The Hall–Kier alpha value is -1.31. The van der Waals surface area contributed by atoms with Gasteiger partial charge in [0, 0.05) is 19.4 Å². The SMILES string of the molecule is CC(C)CC(=O)Cn1cc(COC[C@H]2C[C@H](OC(C)C)CCO2)nn1. The first-order chi connectivity index (χ1) is 11.9. The van der Waals surface area contributed by atoms with E-state index in [1.807, 2.05) is 13.8 Å². The van der Waals surface area contributed by atoms with Gasteiger partial charge in [0.05, 0.1) is 37.7 Å². The van der Waals surface area contributed by atoms with Crippen molar-refractivity contribution in [2.45, 2.75) is 78.4 Å². The van der Waals surface area contributed by atoms with Gasteiger partial charge in [-0.25, -0.2) is 4.68 Å². The summed E-state index contributed by atoms with van der Waals surface area (Å²) in [5.41, 5.74) is 0.725. The lowest BCUT2D eigenvalue weighted by Gasteiger charge is -2.30. The van der Waals surface area contributed by atoms with Crippen molar-refractivity contribution in [1.29, 1.82) is 0 Å². The van der Waals surface area contributed by atoms with Gasteiger partial charge in [-0.15, -0.1) is 5.10 Å². The second-order valence-corrected chi connectivity index (χ2v) is 7.38. The summed E-state index contributed by atoms with van der Waals surface area (Å²) < 4.78 is 18.9. The number of hydrogen-bond acceptors (Lipinski definition) is 6. The lowest BCUT2D eigenvalue weighted by atomic mass is 10.1. The predicted octanol–water partition coefficient (Wildman–Crippen LogP) is 2.38. The van der Waals surface area contributed by atoms with Crippen molar-refractivity contribution in [3.63, 3.8) is 0 Å². The molecular formula is C18H31N3O4. The molecule has 142 valence electrons. The first-order valence-corrected chi connectivity index (χ1v) is 9.18. The molecule has 2 heterocycles. The Morgan fingerprint density at radius 1 is 1.40 bits per heavy atom. The molecule has 0 amide bonds. The molecule has 0 radical (unpaired) electrons. The summed E-state index contributed by atoms with van der Waals surface area (Å²) in [4.78, 5) is 11.8. The van der Waals surface area contributed by atoms with Crippen molar-refractivity contribution in [2.75, 3.05) is 13.2 Å². The number of hydrogen-bond donors (Lipinski definition) is 0. The van der Waals surface area contributed by atoms with Crippen LogP contribution in [0.25, 0.3) is 0 Å². The van der Waals surface area contributed by atoms with Crippen LogP contribution in [0.4, 0.5) is 0 Å². The van der Waals surface area contributed by atoms with E-state index in [-0.39, 0.29) is 30.6 Å². The van der Waals surface area contributed by atoms with E-state index in [2.05, 4.69) is 24.2 Å². The monoisotopic (exact) mass is 353 g/mol. The van der Waals surface area contributed by atoms with Crippen molar-refractivity contribution >= 4 is 5.78 Å². The second kappa shape index (κ2) is 9.99. The van der Waals surface area contributed by atoms with E-state index in [0.717, 1.165) is 18.5 Å². The highest BCUT2D eigenvalue weighted by Crippen LogP contribution is 2.19. The third-order valence-electron chi connectivity index (χ3n) is 3.90. The van der Waals surface area contributed by atoms with Gasteiger partial charge in [0.15, 0.2) is 5.78 Å². The number of aromatic nitrogens is 3. The van der Waals surface area contributed by atoms with Crippen LogP contribution in [-0.2, 0) is 32.2 Å². The fourth-order valence-corrected chi connectivity index (χ4v) is 2.95. The Labute approximate surface area is 150 Å². The zero-order valence-corrected chi connectivity index (χ0v) is 15.8. The molecule has 1 fully saturated rings. The van der Waals surface area contributed by atoms with E-state index >= 15 is 0 Å². The molecule has 0 N–H and O–H groups in total. The van der Waals surface area contributed by atoms with Crippen LogP contribution in [0.15, 0.2) is 6.20 Å². The molecule has 25 heavy (non-hydrogen) atoms. The number of Topliss-reactive ketones (excluding diaryl/α,β-unsaturated/α-hetero) is 1. The summed E-state index contributed by atoms with van der Waals surface area (Å²) >= 11 is 0. The largest absolute Gasteiger partial charge is 0.376 e. The third-order valence-corrected chi connectivity index (χ3v) is 3.90. The fourth-order valence-electron chi connectivity index (χ4n) is 2.95. The number of rotatable bonds is 10. The average molecular weight is 353 g/mol. The van der Waals surface area contributed by atoms with Crippen LogP contribution in [0, 0.1) is 5.92 Å². The molecular weight excluding hydrogens is 322 g/mol. The molecule has 0 unspecified atom stereocenters. The van der Waals surface area contributed by atoms with Gasteiger partial charge < -0.3 is 14.2 Å². The van der Waals surface area contributed by atoms with E-state index in [1.165, 1.54) is 0 Å². The molecule has 0 spiro atoms. The highest BCUT2D eigenvalue weighted by atomic mass is 16.5. The van der Waals surface area contributed by atoms with Crippen LogP contribution in [0.2, 0.25) is 0 Å². The zero-order chi connectivity index (χ0) is 18.2. The molecule has 2 rings (SSSR count). The molecule has 0 saturated carbocycles. The molecule has 0 aliphatic carbocycles. The molecule has 0 bridgehead atoms. The quantitative estimate of drug-likeness (QED) is 0.643. The standard InChI is InChI=1S/C18H31N3O4/c1-13(2)7-16(22)10-21-9-15(19-20-21)11-23-12-18-8-17(5-6-24-18)25-14(3)4/h9,13-14,17-18H,5-8,10-12H2,1-4H3/t17-,18-/m1/s1. The molecule has 1 aliphatic rings. The van der Waals surface area contributed by atoms with E-state index in [4.69, 9.17) is 14.2 Å². The van der Waals surface area contributed by atoms with E-state index in [0.29, 0.717) is 32.2 Å². The van der Waals surface area contributed by atoms with Gasteiger partial charge in [0.2, 0.25) is 0 Å². The van der Waals surface area contributed by atoms with Gasteiger partial charge in [-0.2, -0.15) is 0 Å². The van der Waals surface area contributed by atoms with Crippen molar-refractivity contribution < 1.29 is 19.0 Å². The van der Waals surface area contributed by atoms with E-state index in [9.17, 15) is 4.79 Å². The number of ketones is 1. The van der Waals surface area contributed by atoms with Gasteiger partial charge in [-0.1, -0.05) is 19.1 Å². The minimum atomic E-state index is 0.0557. The highest BCUT2D eigenvalue weighted by molar-refractivity contribution is 5.78. The Morgan fingerprint density at radius 2 is 2.20 bits per heavy atom. The molecule has 0 aromatic carbocycles. The number of carbonyl (C=O) groups excluding carboxylic acids is 1. The van der Waals surface area contributed by atoms with Gasteiger partial charge >= 0.3 is 0 Å². The molecule has 1 aromatic heterocycles. The van der Waals surface area contributed by atoms with Crippen LogP contribution < -0.4 is 0 Å². The summed E-state index contributed by atoms with van der Waals surface area (Å²) in [5, 5.41) is 8.04. The van der Waals surface area contributed by atoms with E-state index < -0.39 is 0 Å². The number of ether oxygens (including phenoxy) is 3. The summed E-state index contributed by atoms with van der Waals surface area (Å²) in [6, 6.07) is 0. The van der Waals surface area contributed by atoms with Crippen LogP contribution in [0.3, 0.4) is 0 Å². The molecule has 1 saturated heterocycles. The minimum absolute atomic E-state index is 0.0557. The second-order valence-electron chi connectivity index (χ2n) is 7.38. The van der Waals surface area contributed by atoms with Gasteiger partial charge in [-0.05, 0) is 26.2 Å². The lowest BCUT2D eigenvalue weighted by molar-refractivity contribution is -0.120. The summed E-state index contributed by atoms with van der Waals surface area (Å²) in [6.07, 6.45) is 4.66. The zero-order valence-electron chi connectivity index (χ0n) is 15.8. The lowest BCUT2D eigenvalue weighted by Crippen LogP contribution is -2.35. The maximum atomic E-state index is 11.8. The van der Waals surface area contributed by atoms with Gasteiger partial charge in [-0.3, -0.25) is 4.79 Å². The normalized spacial score (nSPS) is 21.2. The topological polar surface area (TPSA) is 75.5 Å². The van der Waals surface area contributed by atoms with Crippen molar-refractivity contribution in [3.8, 4) is 0 Å². The van der Waals surface area contributed by atoms with Gasteiger partial charge in [0.25, 0.3) is 0 Å². The molecule has 2 atom stereocenters. The smallest absolute Gasteiger partial charge is 0.154 e. The van der Waals surface area contributed by atoms with Crippen LogP contribution in [0.1, 0.15) is 52.7 Å².